The molecule has 606 valence electrons. The van der Waals surface area contributed by atoms with Gasteiger partial charge in [0.2, 0.25) is 0 Å². The van der Waals surface area contributed by atoms with Gasteiger partial charge in [-0.05, 0) is 31.6 Å². The molecule has 0 aliphatic heterocycles. The Hall–Kier alpha value is -1.94. The van der Waals surface area contributed by atoms with E-state index in [-0.39, 0.29) is 25.7 Å². The van der Waals surface area contributed by atoms with Crippen molar-refractivity contribution in [1.82, 2.24) is 0 Å². The highest BCUT2D eigenvalue weighted by Crippen LogP contribution is 2.45. The minimum absolute atomic E-state index is 0.107. The molecule has 0 rings (SSSR count). The minimum atomic E-state index is -4.96. The molecule has 0 aliphatic carbocycles. The molecule has 102 heavy (non-hydrogen) atoms. The van der Waals surface area contributed by atoms with Crippen molar-refractivity contribution >= 4 is 39.5 Å². The van der Waals surface area contributed by atoms with Crippen LogP contribution in [0.3, 0.4) is 0 Å². The zero-order valence-electron chi connectivity index (χ0n) is 66.8. The average Bonchev–Trinajstić information content (AvgIpc) is 0.910. The highest BCUT2D eigenvalue weighted by molar-refractivity contribution is 7.47. The first-order valence-corrected chi connectivity index (χ1v) is 46.2. The molecular formula is C83H162O17P2. The topological polar surface area (TPSA) is 237 Å². The lowest BCUT2D eigenvalue weighted by Gasteiger charge is -2.21. The monoisotopic (exact) mass is 1490 g/mol. The second-order valence-corrected chi connectivity index (χ2v) is 33.0. The number of carbonyl (C=O) groups excluding carboxylic acids is 4. The Balaban J connectivity index is 5.26. The van der Waals surface area contributed by atoms with Gasteiger partial charge in [-0.2, -0.15) is 0 Å². The van der Waals surface area contributed by atoms with E-state index in [1.54, 1.807) is 0 Å². The van der Waals surface area contributed by atoms with Gasteiger partial charge in [0.05, 0.1) is 26.4 Å². The average molecular weight is 1490 g/mol. The van der Waals surface area contributed by atoms with Crippen molar-refractivity contribution < 1.29 is 80.2 Å². The predicted molar refractivity (Wildman–Crippen MR) is 418 cm³/mol. The zero-order valence-corrected chi connectivity index (χ0v) is 68.5. The second-order valence-electron chi connectivity index (χ2n) is 30.1. The molecule has 0 radical (unpaired) electrons. The summed E-state index contributed by atoms with van der Waals surface area (Å²) in [6.45, 7) is 7.37. The number of aliphatic hydroxyl groups excluding tert-OH is 1. The molecule has 17 nitrogen and oxygen atoms in total. The number of rotatable bonds is 83. The SMILES string of the molecule is CCCCCCCCCCCCCCCCCCCCC(=O)OC[C@H](COP(=O)(O)OC[C@@H](O)COP(=O)(O)OC[C@@H](COC(=O)CCCCCCCCCCCCCC)OC(=O)CCCCCCCCCCCCC(C)CC)OC(=O)CCCCCCCCCCCCCCCCCCCC. The highest BCUT2D eigenvalue weighted by Gasteiger charge is 2.30. The molecule has 0 bridgehead atoms. The van der Waals surface area contributed by atoms with Gasteiger partial charge < -0.3 is 33.8 Å². The van der Waals surface area contributed by atoms with E-state index in [4.69, 9.17) is 37.0 Å². The molecule has 3 N–H and O–H groups in total. The zero-order chi connectivity index (χ0) is 74.8. The molecule has 0 fully saturated rings. The maximum absolute atomic E-state index is 13.1. The summed E-state index contributed by atoms with van der Waals surface area (Å²) in [7, 11) is -9.92. The van der Waals surface area contributed by atoms with Crippen LogP contribution in [0.25, 0.3) is 0 Å². The quantitative estimate of drug-likeness (QED) is 0.0222. The van der Waals surface area contributed by atoms with Gasteiger partial charge >= 0.3 is 39.5 Å². The summed E-state index contributed by atoms with van der Waals surface area (Å²) in [4.78, 5) is 73.1. The van der Waals surface area contributed by atoms with Crippen molar-refractivity contribution in [2.45, 2.75) is 464 Å². The largest absolute Gasteiger partial charge is 0.472 e. The van der Waals surface area contributed by atoms with Gasteiger partial charge in [-0.3, -0.25) is 37.3 Å². The van der Waals surface area contributed by atoms with Crippen molar-refractivity contribution in [2.75, 3.05) is 39.6 Å². The van der Waals surface area contributed by atoms with Gasteiger partial charge in [0.25, 0.3) is 0 Å². The molecule has 6 atom stereocenters. The predicted octanol–water partition coefficient (Wildman–Crippen LogP) is 25.2. The first-order valence-electron chi connectivity index (χ1n) is 43.2. The lowest BCUT2D eigenvalue weighted by Crippen LogP contribution is -2.30. The van der Waals surface area contributed by atoms with Crippen molar-refractivity contribution in [2.24, 2.45) is 5.92 Å². The lowest BCUT2D eigenvalue weighted by atomic mass is 9.99. The van der Waals surface area contributed by atoms with E-state index < -0.39 is 97.5 Å². The number of phosphoric acid groups is 2. The van der Waals surface area contributed by atoms with E-state index in [2.05, 4.69) is 34.6 Å². The van der Waals surface area contributed by atoms with Crippen LogP contribution < -0.4 is 0 Å². The fourth-order valence-electron chi connectivity index (χ4n) is 12.9. The van der Waals surface area contributed by atoms with Crippen molar-refractivity contribution in [1.29, 1.82) is 0 Å². The number of hydrogen-bond donors (Lipinski definition) is 3. The Morgan fingerprint density at radius 2 is 0.471 bits per heavy atom. The normalized spacial score (nSPS) is 14.1. The third kappa shape index (κ3) is 74.9. The third-order valence-corrected chi connectivity index (χ3v) is 21.8. The number of unbranched alkanes of at least 4 members (excludes halogenated alkanes) is 54. The Labute approximate surface area is 626 Å². The van der Waals surface area contributed by atoms with E-state index in [1.807, 2.05) is 0 Å². The van der Waals surface area contributed by atoms with Crippen LogP contribution in [0.4, 0.5) is 0 Å². The molecule has 0 heterocycles. The van der Waals surface area contributed by atoms with Crippen LogP contribution in [0, 0.1) is 5.92 Å². The van der Waals surface area contributed by atoms with Crippen LogP contribution in [0.2, 0.25) is 0 Å². The Bertz CT molecular complexity index is 1950. The van der Waals surface area contributed by atoms with Crippen LogP contribution in [-0.2, 0) is 65.4 Å². The molecule has 0 aromatic rings. The molecule has 0 saturated heterocycles. The Morgan fingerprint density at radius 3 is 0.696 bits per heavy atom. The molecule has 0 aliphatic rings. The summed E-state index contributed by atoms with van der Waals surface area (Å²) in [6, 6.07) is 0. The van der Waals surface area contributed by atoms with Gasteiger partial charge in [-0.25, -0.2) is 9.13 Å². The highest BCUT2D eigenvalue weighted by atomic mass is 31.2. The molecule has 0 spiro atoms. The third-order valence-electron chi connectivity index (χ3n) is 19.9. The lowest BCUT2D eigenvalue weighted by molar-refractivity contribution is -0.161. The first kappa shape index (κ1) is 100. The number of hydrogen-bond acceptors (Lipinski definition) is 15. The molecular weight excluding hydrogens is 1330 g/mol. The summed E-state index contributed by atoms with van der Waals surface area (Å²) in [6.07, 6.45) is 67.8. The Morgan fingerprint density at radius 1 is 0.275 bits per heavy atom. The van der Waals surface area contributed by atoms with Crippen LogP contribution in [-0.4, -0.2) is 96.7 Å². The van der Waals surface area contributed by atoms with Gasteiger partial charge in [0.1, 0.15) is 19.3 Å². The molecule has 3 unspecified atom stereocenters. The van der Waals surface area contributed by atoms with Crippen LogP contribution in [0.1, 0.15) is 446 Å². The number of aliphatic hydroxyl groups is 1. The number of phosphoric ester groups is 2. The Kier molecular flexibility index (Phi) is 74.4. The van der Waals surface area contributed by atoms with E-state index in [0.717, 1.165) is 95.8 Å². The molecule has 0 saturated carbocycles. The van der Waals surface area contributed by atoms with E-state index >= 15 is 0 Å². The molecule has 0 aromatic carbocycles. The van der Waals surface area contributed by atoms with E-state index in [0.29, 0.717) is 25.7 Å². The van der Waals surface area contributed by atoms with E-state index in [9.17, 15) is 43.2 Å². The smallest absolute Gasteiger partial charge is 0.462 e. The van der Waals surface area contributed by atoms with Gasteiger partial charge in [0, 0.05) is 25.7 Å². The fraction of sp³-hybridized carbons (Fsp3) is 0.952. The summed E-state index contributed by atoms with van der Waals surface area (Å²) in [5.41, 5.74) is 0. The number of carbonyl (C=O) groups is 4. The van der Waals surface area contributed by atoms with Crippen molar-refractivity contribution in [3.8, 4) is 0 Å². The maximum Gasteiger partial charge on any atom is 0.472 e. The van der Waals surface area contributed by atoms with Crippen molar-refractivity contribution in [3.05, 3.63) is 0 Å². The van der Waals surface area contributed by atoms with E-state index in [1.165, 1.54) is 270 Å². The summed E-state index contributed by atoms with van der Waals surface area (Å²) in [5, 5.41) is 10.7. The number of esters is 4. The maximum atomic E-state index is 13.1. The molecule has 19 heteroatoms. The van der Waals surface area contributed by atoms with Gasteiger partial charge in [-0.15, -0.1) is 0 Å². The fourth-order valence-corrected chi connectivity index (χ4v) is 14.5. The summed E-state index contributed by atoms with van der Waals surface area (Å²) >= 11 is 0. The van der Waals surface area contributed by atoms with Gasteiger partial charge in [-0.1, -0.05) is 394 Å². The summed E-state index contributed by atoms with van der Waals surface area (Å²) < 4.78 is 68.8. The van der Waals surface area contributed by atoms with Gasteiger partial charge in [0.15, 0.2) is 12.2 Å². The molecule has 0 aromatic heterocycles. The standard InChI is InChI=1S/C83H162O17P2/c1-6-10-13-16-19-22-25-28-30-32-34-36-38-41-47-52-57-62-67-81(86)94-72-78(99-82(87)68-63-58-53-48-42-39-37-35-33-31-29-26-23-20-17-14-11-7-2)74-97-101(89,90)95-70-77(84)71-96-102(91,92)98-75-79(73-93-80(85)66-61-56-51-46-40-27-24-21-18-15-12-8-3)100-83(88)69-64-59-54-49-44-43-45-50-55-60-65-76(5)9-4/h76-79,84H,6-75H2,1-5H3,(H,89,90)(H,91,92)/t76?,77-,78-,79-/m1/s1. The van der Waals surface area contributed by atoms with Crippen LogP contribution in [0.5, 0.6) is 0 Å². The molecule has 0 amide bonds. The summed E-state index contributed by atoms with van der Waals surface area (Å²) in [5.74, 6) is -1.30. The van der Waals surface area contributed by atoms with Crippen LogP contribution >= 0.6 is 15.6 Å². The number of ether oxygens (including phenoxy) is 4. The minimum Gasteiger partial charge on any atom is -0.462 e. The first-order chi connectivity index (χ1) is 49.6. The van der Waals surface area contributed by atoms with Crippen LogP contribution in [0.15, 0.2) is 0 Å². The van der Waals surface area contributed by atoms with Crippen molar-refractivity contribution in [3.63, 3.8) is 0 Å². The second kappa shape index (κ2) is 75.9.